The van der Waals surface area contributed by atoms with Gasteiger partial charge in [-0.05, 0) is 42.3 Å². The van der Waals surface area contributed by atoms with Gasteiger partial charge in [-0.3, -0.25) is 4.79 Å². The second-order valence-electron chi connectivity index (χ2n) is 6.11. The largest absolute Gasteiger partial charge is 0.378 e. The number of hydrogen-bond acceptors (Lipinski definition) is 2. The van der Waals surface area contributed by atoms with Crippen molar-refractivity contribution < 1.29 is 4.79 Å². The number of rotatable bonds is 6. The Morgan fingerprint density at radius 1 is 0.960 bits per heavy atom. The number of nitrogens with one attached hydrogen (secondary N) is 1. The lowest BCUT2D eigenvalue weighted by Crippen LogP contribution is -2.16. The number of ketones is 1. The fourth-order valence-electron chi connectivity index (χ4n) is 2.81. The molecule has 3 aromatic carbocycles. The van der Waals surface area contributed by atoms with Crippen LogP contribution in [0.3, 0.4) is 0 Å². The molecule has 0 saturated carbocycles. The average Bonchev–Trinajstić information content (AvgIpc) is 2.62. The summed E-state index contributed by atoms with van der Waals surface area (Å²) in [5.41, 5.74) is 4.05. The van der Waals surface area contributed by atoms with E-state index in [4.69, 9.17) is 0 Å². The normalized spacial score (nSPS) is 11.8. The Bertz CT molecular complexity index is 843. The Balaban J connectivity index is 1.83. The van der Waals surface area contributed by atoms with Crippen molar-refractivity contribution in [3.8, 4) is 0 Å². The Hall–Kier alpha value is -2.39. The Labute approximate surface area is 157 Å². The molecule has 0 radical (unpaired) electrons. The van der Waals surface area contributed by atoms with E-state index in [0.29, 0.717) is 6.42 Å². The summed E-state index contributed by atoms with van der Waals surface area (Å²) in [5, 5.41) is 3.52. The maximum absolute atomic E-state index is 12.7. The minimum atomic E-state index is -0.0702. The van der Waals surface area contributed by atoms with Gasteiger partial charge in [0, 0.05) is 22.1 Å². The van der Waals surface area contributed by atoms with Crippen LogP contribution >= 0.6 is 15.9 Å². The Morgan fingerprint density at radius 3 is 2.36 bits per heavy atom. The van der Waals surface area contributed by atoms with E-state index in [-0.39, 0.29) is 11.8 Å². The summed E-state index contributed by atoms with van der Waals surface area (Å²) in [6.45, 7) is 2.07. The molecule has 1 atom stereocenters. The standard InChI is InChI=1S/C22H20BrNO/c1-16-6-5-9-20(14-16)24-21(17-7-3-2-4-8-17)15-22(25)18-10-12-19(23)13-11-18/h2-14,21,24H,15H2,1H3. The molecule has 0 amide bonds. The summed E-state index contributed by atoms with van der Waals surface area (Å²) in [5.74, 6) is 0.126. The van der Waals surface area contributed by atoms with Gasteiger partial charge in [-0.15, -0.1) is 0 Å². The molecule has 0 saturated heterocycles. The highest BCUT2D eigenvalue weighted by atomic mass is 79.9. The first-order valence-electron chi connectivity index (χ1n) is 8.29. The van der Waals surface area contributed by atoms with Crippen LogP contribution in [0.5, 0.6) is 0 Å². The Kier molecular flexibility index (Phi) is 5.67. The summed E-state index contributed by atoms with van der Waals surface area (Å²) in [4.78, 5) is 12.7. The molecule has 0 bridgehead atoms. The van der Waals surface area contributed by atoms with E-state index in [1.165, 1.54) is 5.56 Å². The van der Waals surface area contributed by atoms with Crippen LogP contribution in [0.1, 0.15) is 33.9 Å². The fourth-order valence-corrected chi connectivity index (χ4v) is 3.08. The maximum atomic E-state index is 12.7. The van der Waals surface area contributed by atoms with Gasteiger partial charge in [-0.2, -0.15) is 0 Å². The zero-order chi connectivity index (χ0) is 17.6. The number of halogens is 1. The van der Waals surface area contributed by atoms with Crippen molar-refractivity contribution in [2.24, 2.45) is 0 Å². The minimum Gasteiger partial charge on any atom is -0.378 e. The van der Waals surface area contributed by atoms with Crippen molar-refractivity contribution in [1.29, 1.82) is 0 Å². The molecule has 2 nitrogen and oxygen atoms in total. The van der Waals surface area contributed by atoms with Crippen molar-refractivity contribution in [2.45, 2.75) is 19.4 Å². The molecule has 3 aromatic rings. The van der Waals surface area contributed by atoms with Gasteiger partial charge in [-0.25, -0.2) is 0 Å². The van der Waals surface area contributed by atoms with E-state index < -0.39 is 0 Å². The second kappa shape index (κ2) is 8.13. The van der Waals surface area contributed by atoms with E-state index in [1.807, 2.05) is 54.6 Å². The summed E-state index contributed by atoms with van der Waals surface area (Å²) in [7, 11) is 0. The van der Waals surface area contributed by atoms with Crippen LogP contribution in [0.2, 0.25) is 0 Å². The molecule has 1 N–H and O–H groups in total. The van der Waals surface area contributed by atoms with Crippen LogP contribution in [0, 0.1) is 6.92 Å². The predicted octanol–water partition coefficient (Wildman–Crippen LogP) is 6.18. The number of hydrogen-bond donors (Lipinski definition) is 1. The van der Waals surface area contributed by atoms with Crippen LogP contribution in [0.25, 0.3) is 0 Å². The molecule has 25 heavy (non-hydrogen) atoms. The molecule has 3 rings (SSSR count). The van der Waals surface area contributed by atoms with Crippen LogP contribution < -0.4 is 5.32 Å². The number of carbonyl (C=O) groups excluding carboxylic acids is 1. The molecule has 0 aromatic heterocycles. The number of benzene rings is 3. The first-order valence-corrected chi connectivity index (χ1v) is 9.08. The fraction of sp³-hybridized carbons (Fsp3) is 0.136. The van der Waals surface area contributed by atoms with E-state index in [2.05, 4.69) is 52.4 Å². The molecule has 0 aliphatic heterocycles. The molecular formula is C22H20BrNO. The first-order chi connectivity index (χ1) is 12.1. The third-order valence-electron chi connectivity index (χ3n) is 4.12. The zero-order valence-corrected chi connectivity index (χ0v) is 15.7. The summed E-state index contributed by atoms with van der Waals surface area (Å²) >= 11 is 3.41. The van der Waals surface area contributed by atoms with E-state index >= 15 is 0 Å². The third-order valence-corrected chi connectivity index (χ3v) is 4.65. The topological polar surface area (TPSA) is 29.1 Å². The molecule has 0 aliphatic rings. The van der Waals surface area contributed by atoms with Gasteiger partial charge < -0.3 is 5.32 Å². The monoisotopic (exact) mass is 393 g/mol. The number of Topliss-reactive ketones (excluding diaryl/α,β-unsaturated/α-hetero) is 1. The summed E-state index contributed by atoms with van der Waals surface area (Å²) in [6.07, 6.45) is 0.402. The number of anilines is 1. The molecule has 0 fully saturated rings. The smallest absolute Gasteiger partial charge is 0.165 e. The molecule has 1 unspecified atom stereocenters. The number of aryl methyl sites for hydroxylation is 1. The van der Waals surface area contributed by atoms with Crippen molar-refractivity contribution in [3.05, 3.63) is 100 Å². The molecule has 126 valence electrons. The van der Waals surface area contributed by atoms with Gasteiger partial charge in [0.05, 0.1) is 6.04 Å². The van der Waals surface area contributed by atoms with Gasteiger partial charge in [0.15, 0.2) is 5.78 Å². The quantitative estimate of drug-likeness (QED) is 0.506. The first kappa shape index (κ1) is 17.4. The molecule has 0 spiro atoms. The lowest BCUT2D eigenvalue weighted by molar-refractivity contribution is 0.0976. The van der Waals surface area contributed by atoms with Crippen molar-refractivity contribution in [2.75, 3.05) is 5.32 Å². The van der Waals surface area contributed by atoms with Crippen LogP contribution in [0.4, 0.5) is 5.69 Å². The highest BCUT2D eigenvalue weighted by Crippen LogP contribution is 2.25. The lowest BCUT2D eigenvalue weighted by Gasteiger charge is -2.20. The lowest BCUT2D eigenvalue weighted by atomic mass is 9.97. The van der Waals surface area contributed by atoms with Crippen LogP contribution in [0.15, 0.2) is 83.3 Å². The van der Waals surface area contributed by atoms with Crippen molar-refractivity contribution in [1.82, 2.24) is 0 Å². The Morgan fingerprint density at radius 2 is 1.68 bits per heavy atom. The third kappa shape index (κ3) is 4.80. The molecule has 0 aliphatic carbocycles. The van der Waals surface area contributed by atoms with Crippen LogP contribution in [-0.2, 0) is 0 Å². The van der Waals surface area contributed by atoms with Gasteiger partial charge >= 0.3 is 0 Å². The van der Waals surface area contributed by atoms with E-state index in [1.54, 1.807) is 0 Å². The van der Waals surface area contributed by atoms with Gasteiger partial charge in [0.1, 0.15) is 0 Å². The van der Waals surface area contributed by atoms with Crippen molar-refractivity contribution in [3.63, 3.8) is 0 Å². The van der Waals surface area contributed by atoms with E-state index in [9.17, 15) is 4.79 Å². The average molecular weight is 394 g/mol. The van der Waals surface area contributed by atoms with Crippen molar-refractivity contribution >= 4 is 27.4 Å². The number of carbonyl (C=O) groups is 1. The second-order valence-corrected chi connectivity index (χ2v) is 7.03. The highest BCUT2D eigenvalue weighted by molar-refractivity contribution is 9.10. The van der Waals surface area contributed by atoms with Crippen LogP contribution in [-0.4, -0.2) is 5.78 Å². The highest BCUT2D eigenvalue weighted by Gasteiger charge is 2.17. The molecule has 3 heteroatoms. The zero-order valence-electron chi connectivity index (χ0n) is 14.1. The van der Waals surface area contributed by atoms with Gasteiger partial charge in [0.25, 0.3) is 0 Å². The SMILES string of the molecule is Cc1cccc(NC(CC(=O)c2ccc(Br)cc2)c2ccccc2)c1. The van der Waals surface area contributed by atoms with E-state index in [0.717, 1.165) is 21.3 Å². The molecule has 0 heterocycles. The summed E-state index contributed by atoms with van der Waals surface area (Å²) in [6, 6.07) is 25.8. The maximum Gasteiger partial charge on any atom is 0.165 e. The van der Waals surface area contributed by atoms with Gasteiger partial charge in [-0.1, -0.05) is 70.5 Å². The summed E-state index contributed by atoms with van der Waals surface area (Å²) < 4.78 is 0.974. The molecular weight excluding hydrogens is 374 g/mol. The minimum absolute atomic E-state index is 0.0702. The van der Waals surface area contributed by atoms with Gasteiger partial charge in [0.2, 0.25) is 0 Å². The predicted molar refractivity (Wildman–Crippen MR) is 107 cm³/mol.